The van der Waals surface area contributed by atoms with Gasteiger partial charge in [-0.15, -0.1) is 0 Å². The Morgan fingerprint density at radius 2 is 1.68 bits per heavy atom. The topological polar surface area (TPSA) is 89.9 Å². The van der Waals surface area contributed by atoms with Gasteiger partial charge in [0.1, 0.15) is 22.1 Å². The van der Waals surface area contributed by atoms with Crippen molar-refractivity contribution in [1.29, 1.82) is 0 Å². The third kappa shape index (κ3) is 3.27. The molecule has 1 aromatic carbocycles. The van der Waals surface area contributed by atoms with Crippen molar-refractivity contribution in [3.8, 4) is 11.5 Å². The predicted molar refractivity (Wildman–Crippen MR) is 91.7 cm³/mol. The van der Waals surface area contributed by atoms with E-state index >= 15 is 0 Å². The first-order valence-electron chi connectivity index (χ1n) is 7.55. The molecule has 1 N–H and O–H groups in total. The summed E-state index contributed by atoms with van der Waals surface area (Å²) in [5.41, 5.74) is 0.668. The summed E-state index contributed by atoms with van der Waals surface area (Å²) >= 11 is 0. The highest BCUT2D eigenvalue weighted by Gasteiger charge is 2.26. The lowest BCUT2D eigenvalue weighted by molar-refractivity contribution is 0.0749. The second-order valence-corrected chi connectivity index (χ2v) is 7.37. The van der Waals surface area contributed by atoms with Gasteiger partial charge in [-0.3, -0.25) is 9.52 Å². The molecule has 2 heterocycles. The Kier molecular flexibility index (Phi) is 4.34. The minimum atomic E-state index is -3.85. The highest BCUT2D eigenvalue weighted by molar-refractivity contribution is 7.92. The number of hydrogen-bond donors (Lipinski definition) is 1. The molecule has 0 atom stereocenters. The van der Waals surface area contributed by atoms with Gasteiger partial charge >= 0.3 is 0 Å². The number of amides is 1. The van der Waals surface area contributed by atoms with E-state index in [1.54, 1.807) is 34.7 Å². The summed E-state index contributed by atoms with van der Waals surface area (Å²) < 4.78 is 39.8. The number of ether oxygens (including phenoxy) is 2. The molecular formula is C16H19N3O5S. The number of carbonyl (C=O) groups is 1. The molecule has 9 heteroatoms. The molecule has 0 bridgehead atoms. The van der Waals surface area contributed by atoms with E-state index < -0.39 is 10.0 Å². The first-order valence-corrected chi connectivity index (χ1v) is 9.04. The molecule has 1 amide bonds. The third-order valence-electron chi connectivity index (χ3n) is 4.03. The van der Waals surface area contributed by atoms with E-state index in [1.807, 2.05) is 0 Å². The molecule has 3 rings (SSSR count). The Morgan fingerprint density at radius 3 is 2.28 bits per heavy atom. The Bertz CT molecular complexity index is 898. The number of rotatable bonds is 5. The maximum atomic E-state index is 12.7. The number of aromatic nitrogens is 1. The summed E-state index contributed by atoms with van der Waals surface area (Å²) in [5.74, 6) is 0.728. The van der Waals surface area contributed by atoms with Crippen LogP contribution in [0.3, 0.4) is 0 Å². The Hall–Kier alpha value is -2.68. The van der Waals surface area contributed by atoms with E-state index in [-0.39, 0.29) is 10.8 Å². The van der Waals surface area contributed by atoms with Crippen molar-refractivity contribution < 1.29 is 22.7 Å². The van der Waals surface area contributed by atoms with E-state index in [0.717, 1.165) is 0 Å². The summed E-state index contributed by atoms with van der Waals surface area (Å²) in [4.78, 5) is 13.7. The first-order chi connectivity index (χ1) is 11.8. The van der Waals surface area contributed by atoms with Gasteiger partial charge in [-0.05, 0) is 6.07 Å². The number of fused-ring (bicyclic) bond motifs is 1. The highest BCUT2D eigenvalue weighted by Crippen LogP contribution is 2.28. The van der Waals surface area contributed by atoms with Crippen LogP contribution >= 0.6 is 0 Å². The van der Waals surface area contributed by atoms with E-state index in [2.05, 4.69) is 4.72 Å². The molecule has 0 radical (unpaired) electrons. The van der Waals surface area contributed by atoms with E-state index in [9.17, 15) is 13.2 Å². The normalized spacial score (nSPS) is 14.2. The molecular weight excluding hydrogens is 346 g/mol. The van der Waals surface area contributed by atoms with Gasteiger partial charge in [0, 0.05) is 44.5 Å². The standard InChI is InChI=1S/C16H19N3O5S/c1-18-4-5-19-10-14(9-15(19)16(18)20)25(21,22)17-11-6-12(23-2)8-13(7-11)24-3/h6-10,17H,4-5H2,1-3H3. The zero-order valence-corrected chi connectivity index (χ0v) is 15.0. The van der Waals surface area contributed by atoms with Crippen molar-refractivity contribution in [3.05, 3.63) is 36.2 Å². The van der Waals surface area contributed by atoms with Crippen molar-refractivity contribution in [1.82, 2.24) is 9.47 Å². The van der Waals surface area contributed by atoms with Crippen LogP contribution in [0.4, 0.5) is 5.69 Å². The van der Waals surface area contributed by atoms with E-state index in [4.69, 9.17) is 9.47 Å². The van der Waals surface area contributed by atoms with Crippen LogP contribution in [-0.4, -0.2) is 51.6 Å². The summed E-state index contributed by atoms with van der Waals surface area (Å²) in [5, 5.41) is 0. The van der Waals surface area contributed by atoms with Crippen LogP contribution in [0.5, 0.6) is 11.5 Å². The number of nitrogens with one attached hydrogen (secondary N) is 1. The average Bonchev–Trinajstić information content (AvgIpc) is 3.03. The number of sulfonamides is 1. The minimum Gasteiger partial charge on any atom is -0.497 e. The van der Waals surface area contributed by atoms with Gasteiger partial charge in [0.15, 0.2) is 0 Å². The summed E-state index contributed by atoms with van der Waals surface area (Å²) in [6, 6.07) is 6.13. The number of benzene rings is 1. The summed E-state index contributed by atoms with van der Waals surface area (Å²) in [6.07, 6.45) is 1.47. The van der Waals surface area contributed by atoms with Gasteiger partial charge in [-0.1, -0.05) is 0 Å². The smallest absolute Gasteiger partial charge is 0.270 e. The molecule has 134 valence electrons. The summed E-state index contributed by atoms with van der Waals surface area (Å²) in [6.45, 7) is 1.10. The number of likely N-dealkylation sites (N-methyl/N-ethyl adjacent to an activating group) is 1. The number of carbonyl (C=O) groups excluding carboxylic acids is 1. The lowest BCUT2D eigenvalue weighted by Gasteiger charge is -2.23. The van der Waals surface area contributed by atoms with Crippen LogP contribution in [-0.2, 0) is 16.6 Å². The molecule has 2 aromatic rings. The van der Waals surface area contributed by atoms with Crippen molar-refractivity contribution in [2.24, 2.45) is 0 Å². The fourth-order valence-corrected chi connectivity index (χ4v) is 3.71. The SMILES string of the molecule is COc1cc(NS(=O)(=O)c2cc3n(c2)CCN(C)C3=O)cc(OC)c1. The monoisotopic (exact) mass is 365 g/mol. The molecule has 0 unspecified atom stereocenters. The minimum absolute atomic E-state index is 0.0351. The quantitative estimate of drug-likeness (QED) is 0.865. The second kappa shape index (κ2) is 6.32. The van der Waals surface area contributed by atoms with Crippen LogP contribution in [0.1, 0.15) is 10.5 Å². The summed E-state index contributed by atoms with van der Waals surface area (Å²) in [7, 11) is 0.804. The number of nitrogens with zero attached hydrogens (tertiary/aromatic N) is 2. The molecule has 25 heavy (non-hydrogen) atoms. The van der Waals surface area contributed by atoms with E-state index in [0.29, 0.717) is 36.0 Å². The van der Waals surface area contributed by atoms with Crippen LogP contribution in [0.2, 0.25) is 0 Å². The molecule has 1 aliphatic heterocycles. The van der Waals surface area contributed by atoms with Gasteiger partial charge in [-0.25, -0.2) is 8.42 Å². The molecule has 0 saturated carbocycles. The Morgan fingerprint density at radius 1 is 1.04 bits per heavy atom. The maximum Gasteiger partial charge on any atom is 0.270 e. The molecule has 0 fully saturated rings. The molecule has 0 saturated heterocycles. The second-order valence-electron chi connectivity index (χ2n) is 5.69. The fourth-order valence-electron chi connectivity index (χ4n) is 2.63. The van der Waals surface area contributed by atoms with Crippen molar-refractivity contribution in [2.75, 3.05) is 32.5 Å². The van der Waals surface area contributed by atoms with Crippen molar-refractivity contribution in [3.63, 3.8) is 0 Å². The van der Waals surface area contributed by atoms with Crippen LogP contribution in [0.15, 0.2) is 35.4 Å². The van der Waals surface area contributed by atoms with Crippen LogP contribution in [0, 0.1) is 0 Å². The van der Waals surface area contributed by atoms with Crippen LogP contribution in [0.25, 0.3) is 0 Å². The first kappa shape index (κ1) is 17.2. The molecule has 1 aliphatic rings. The predicted octanol–water partition coefficient (Wildman–Crippen LogP) is 1.39. The third-order valence-corrected chi connectivity index (χ3v) is 5.38. The van der Waals surface area contributed by atoms with E-state index in [1.165, 1.54) is 26.5 Å². The van der Waals surface area contributed by atoms with Gasteiger partial charge in [0.05, 0.1) is 19.9 Å². The zero-order chi connectivity index (χ0) is 18.2. The largest absolute Gasteiger partial charge is 0.497 e. The average molecular weight is 365 g/mol. The van der Waals surface area contributed by atoms with Gasteiger partial charge in [-0.2, -0.15) is 0 Å². The highest BCUT2D eigenvalue weighted by atomic mass is 32.2. The van der Waals surface area contributed by atoms with Gasteiger partial charge in [0.25, 0.3) is 15.9 Å². The Balaban J connectivity index is 1.93. The lowest BCUT2D eigenvalue weighted by atomic mass is 10.3. The number of hydrogen-bond acceptors (Lipinski definition) is 5. The lowest BCUT2D eigenvalue weighted by Crippen LogP contribution is -2.36. The fraction of sp³-hybridized carbons (Fsp3) is 0.312. The van der Waals surface area contributed by atoms with Crippen LogP contribution < -0.4 is 14.2 Å². The van der Waals surface area contributed by atoms with Crippen molar-refractivity contribution in [2.45, 2.75) is 11.4 Å². The molecule has 8 nitrogen and oxygen atoms in total. The van der Waals surface area contributed by atoms with Crippen molar-refractivity contribution >= 4 is 21.6 Å². The number of methoxy groups -OCH3 is 2. The zero-order valence-electron chi connectivity index (χ0n) is 14.1. The maximum absolute atomic E-state index is 12.7. The Labute approximate surface area is 146 Å². The molecule has 1 aromatic heterocycles. The molecule has 0 aliphatic carbocycles. The molecule has 0 spiro atoms. The number of anilines is 1. The van der Waals surface area contributed by atoms with Gasteiger partial charge in [0.2, 0.25) is 0 Å². The van der Waals surface area contributed by atoms with Gasteiger partial charge < -0.3 is 18.9 Å².